The third-order valence-corrected chi connectivity index (χ3v) is 8.34. The molecule has 33 heavy (non-hydrogen) atoms. The number of benzene rings is 1. The van der Waals surface area contributed by atoms with Crippen molar-refractivity contribution in [2.45, 2.75) is 37.2 Å². The number of sulfone groups is 1. The van der Waals surface area contributed by atoms with Crippen LogP contribution in [0.5, 0.6) is 5.88 Å². The Bertz CT molecular complexity index is 1240. The van der Waals surface area contributed by atoms with Crippen molar-refractivity contribution in [1.82, 2.24) is 14.3 Å². The molecule has 0 spiro atoms. The lowest BCUT2D eigenvalue weighted by molar-refractivity contribution is -0.385. The highest BCUT2D eigenvalue weighted by molar-refractivity contribution is 7.90. The fourth-order valence-electron chi connectivity index (χ4n) is 3.46. The predicted molar refractivity (Wildman–Crippen MR) is 121 cm³/mol. The van der Waals surface area contributed by atoms with E-state index in [-0.39, 0.29) is 35.4 Å². The number of hydrogen-bond acceptors (Lipinski definition) is 10. The molecule has 1 fully saturated rings. The van der Waals surface area contributed by atoms with E-state index in [4.69, 9.17) is 10.5 Å². The Balaban J connectivity index is 1.86. The van der Waals surface area contributed by atoms with Gasteiger partial charge >= 0.3 is 11.6 Å². The number of ether oxygens (including phenoxy) is 1. The average molecular weight is 500 g/mol. The number of nitrogens with zero attached hydrogens (tertiary/aromatic N) is 4. The second-order valence-corrected chi connectivity index (χ2v) is 11.8. The van der Waals surface area contributed by atoms with Crippen LogP contribution in [0.25, 0.3) is 11.4 Å². The van der Waals surface area contributed by atoms with Crippen molar-refractivity contribution in [3.8, 4) is 17.3 Å². The molecule has 0 saturated carbocycles. The first-order chi connectivity index (χ1) is 15.4. The SMILES string of the molecule is CCCS(=O)(=O)N1CCC(Oc2nc(-c3ccc(S(C)(=O)=O)cc3)nc(N)c2[N+](=O)[O-])CC1. The normalized spacial score (nSPS) is 15.9. The van der Waals surface area contributed by atoms with Gasteiger partial charge in [-0.2, -0.15) is 4.98 Å². The molecule has 1 aromatic carbocycles. The van der Waals surface area contributed by atoms with Crippen LogP contribution in [0.3, 0.4) is 0 Å². The highest BCUT2D eigenvalue weighted by atomic mass is 32.2. The van der Waals surface area contributed by atoms with Gasteiger partial charge in [0.1, 0.15) is 6.10 Å². The van der Waals surface area contributed by atoms with Gasteiger partial charge in [0.15, 0.2) is 15.7 Å². The quantitative estimate of drug-likeness (QED) is 0.415. The summed E-state index contributed by atoms with van der Waals surface area (Å²) < 4.78 is 55.0. The van der Waals surface area contributed by atoms with Gasteiger partial charge in [-0.1, -0.05) is 6.92 Å². The molecule has 1 aromatic heterocycles. The Hall–Kier alpha value is -2.84. The number of rotatable bonds is 8. The van der Waals surface area contributed by atoms with Crippen molar-refractivity contribution in [2.24, 2.45) is 0 Å². The van der Waals surface area contributed by atoms with E-state index in [2.05, 4.69) is 9.97 Å². The standard InChI is InChI=1S/C19H25N5O7S2/c1-3-12-33(29,30)23-10-8-14(9-11-23)31-19-16(24(25)26)17(20)21-18(22-19)13-4-6-15(7-5-13)32(2,27)28/h4-7,14H,3,8-12H2,1-2H3,(H2,20,21,22). The summed E-state index contributed by atoms with van der Waals surface area (Å²) in [5.41, 5.74) is 5.64. The molecule has 1 saturated heterocycles. The minimum Gasteiger partial charge on any atom is -0.469 e. The number of nitrogens with two attached hydrogens (primary N) is 1. The van der Waals surface area contributed by atoms with Crippen molar-refractivity contribution in [3.63, 3.8) is 0 Å². The van der Waals surface area contributed by atoms with Crippen molar-refractivity contribution in [2.75, 3.05) is 30.8 Å². The van der Waals surface area contributed by atoms with Gasteiger partial charge in [0.2, 0.25) is 15.8 Å². The van der Waals surface area contributed by atoms with E-state index in [0.29, 0.717) is 24.8 Å². The summed E-state index contributed by atoms with van der Waals surface area (Å²) in [6.45, 7) is 2.26. The molecule has 2 aromatic rings. The van der Waals surface area contributed by atoms with E-state index in [9.17, 15) is 26.9 Å². The van der Waals surface area contributed by atoms with Crippen LogP contribution in [0.4, 0.5) is 11.5 Å². The van der Waals surface area contributed by atoms with Crippen LogP contribution < -0.4 is 10.5 Å². The van der Waals surface area contributed by atoms with E-state index in [0.717, 1.165) is 6.26 Å². The fourth-order valence-corrected chi connectivity index (χ4v) is 5.63. The smallest absolute Gasteiger partial charge is 0.372 e. The van der Waals surface area contributed by atoms with Crippen LogP contribution in [-0.2, 0) is 19.9 Å². The van der Waals surface area contributed by atoms with Crippen LogP contribution in [0, 0.1) is 10.1 Å². The van der Waals surface area contributed by atoms with Crippen molar-refractivity contribution in [3.05, 3.63) is 34.4 Å². The van der Waals surface area contributed by atoms with Gasteiger partial charge in [0.05, 0.1) is 15.6 Å². The summed E-state index contributed by atoms with van der Waals surface area (Å²) in [7, 11) is -6.73. The Kier molecular flexibility index (Phi) is 7.19. The van der Waals surface area contributed by atoms with Gasteiger partial charge in [-0.15, -0.1) is 0 Å². The van der Waals surface area contributed by atoms with Crippen LogP contribution in [0.1, 0.15) is 26.2 Å². The zero-order chi connectivity index (χ0) is 24.4. The first-order valence-corrected chi connectivity index (χ1v) is 13.7. The number of hydrogen-bond donors (Lipinski definition) is 1. The highest BCUT2D eigenvalue weighted by Gasteiger charge is 2.32. The summed E-state index contributed by atoms with van der Waals surface area (Å²) in [4.78, 5) is 19.1. The number of piperidine rings is 1. The maximum absolute atomic E-state index is 12.2. The predicted octanol–water partition coefficient (Wildman–Crippen LogP) is 1.62. The minimum atomic E-state index is -3.40. The molecule has 1 aliphatic rings. The third-order valence-electron chi connectivity index (χ3n) is 5.14. The molecule has 14 heteroatoms. The van der Waals surface area contributed by atoms with Crippen LogP contribution in [-0.4, -0.2) is 67.2 Å². The number of sulfonamides is 1. The van der Waals surface area contributed by atoms with Gasteiger partial charge in [-0.05, 0) is 43.5 Å². The molecule has 1 aliphatic heterocycles. The third kappa shape index (κ3) is 5.75. The monoisotopic (exact) mass is 499 g/mol. The summed E-state index contributed by atoms with van der Waals surface area (Å²) >= 11 is 0. The molecule has 0 atom stereocenters. The molecule has 0 radical (unpaired) electrons. The largest absolute Gasteiger partial charge is 0.469 e. The average Bonchev–Trinajstić information content (AvgIpc) is 2.73. The molecular weight excluding hydrogens is 474 g/mol. The van der Waals surface area contributed by atoms with Gasteiger partial charge in [-0.3, -0.25) is 10.1 Å². The van der Waals surface area contributed by atoms with Gasteiger partial charge in [0.25, 0.3) is 0 Å². The maximum Gasteiger partial charge on any atom is 0.372 e. The van der Waals surface area contributed by atoms with Crippen molar-refractivity contribution < 1.29 is 26.5 Å². The molecule has 0 amide bonds. The first kappa shape index (κ1) is 24.8. The van der Waals surface area contributed by atoms with Crippen molar-refractivity contribution >= 4 is 31.4 Å². The molecule has 2 N–H and O–H groups in total. The zero-order valence-electron chi connectivity index (χ0n) is 18.2. The van der Waals surface area contributed by atoms with E-state index >= 15 is 0 Å². The first-order valence-electron chi connectivity index (χ1n) is 10.2. The van der Waals surface area contributed by atoms with Crippen molar-refractivity contribution in [1.29, 1.82) is 0 Å². The summed E-state index contributed by atoms with van der Waals surface area (Å²) in [6.07, 6.45) is 1.77. The zero-order valence-corrected chi connectivity index (χ0v) is 19.8. The molecular formula is C19H25N5O7S2. The second-order valence-electron chi connectivity index (χ2n) is 7.67. The summed E-state index contributed by atoms with van der Waals surface area (Å²) in [5.74, 6) is -0.607. The lowest BCUT2D eigenvalue weighted by Gasteiger charge is -2.31. The van der Waals surface area contributed by atoms with E-state index in [1.54, 1.807) is 6.92 Å². The lowest BCUT2D eigenvalue weighted by atomic mass is 10.1. The van der Waals surface area contributed by atoms with Crippen LogP contribution >= 0.6 is 0 Å². The number of nitrogen functional groups attached to an aromatic ring is 1. The second kappa shape index (κ2) is 9.57. The number of nitro groups is 1. The molecule has 0 unspecified atom stereocenters. The fraction of sp³-hybridized carbons (Fsp3) is 0.474. The molecule has 0 bridgehead atoms. The minimum absolute atomic E-state index is 0.0381. The topological polar surface area (TPSA) is 176 Å². The Morgan fingerprint density at radius 2 is 1.76 bits per heavy atom. The van der Waals surface area contributed by atoms with Gasteiger partial charge in [-0.25, -0.2) is 26.1 Å². The molecule has 3 rings (SSSR count). The van der Waals surface area contributed by atoms with E-state index in [1.165, 1.54) is 28.6 Å². The summed E-state index contributed by atoms with van der Waals surface area (Å²) in [5, 5.41) is 11.6. The van der Waals surface area contributed by atoms with Crippen LogP contribution in [0.2, 0.25) is 0 Å². The molecule has 180 valence electrons. The van der Waals surface area contributed by atoms with Gasteiger partial charge < -0.3 is 10.5 Å². The van der Waals surface area contributed by atoms with Gasteiger partial charge in [0, 0.05) is 24.9 Å². The lowest BCUT2D eigenvalue weighted by Crippen LogP contribution is -2.42. The molecule has 2 heterocycles. The maximum atomic E-state index is 12.2. The van der Waals surface area contributed by atoms with E-state index in [1.807, 2.05) is 0 Å². The summed E-state index contributed by atoms with van der Waals surface area (Å²) in [6, 6.07) is 5.69. The number of aromatic nitrogens is 2. The Morgan fingerprint density at radius 1 is 1.15 bits per heavy atom. The van der Waals surface area contributed by atoms with E-state index < -0.39 is 42.4 Å². The number of anilines is 1. The Labute approximate surface area is 191 Å². The Morgan fingerprint density at radius 3 is 2.27 bits per heavy atom. The highest BCUT2D eigenvalue weighted by Crippen LogP contribution is 2.34. The molecule has 0 aliphatic carbocycles. The molecule has 12 nitrogen and oxygen atoms in total. The van der Waals surface area contributed by atoms with Crippen LogP contribution in [0.15, 0.2) is 29.2 Å².